The summed E-state index contributed by atoms with van der Waals surface area (Å²) in [6, 6.07) is 10.6. The number of methoxy groups -OCH3 is 2. The number of halogens is 1. The SMILES string of the molecule is COc1ccc([C@@H]2CC(=O)c3cc(Cl)ccc3O2)cc1OC. The number of ketones is 1. The van der Waals surface area contributed by atoms with Crippen molar-refractivity contribution >= 4 is 17.4 Å². The van der Waals surface area contributed by atoms with Crippen molar-refractivity contribution in [2.24, 2.45) is 0 Å². The maximum Gasteiger partial charge on any atom is 0.170 e. The lowest BCUT2D eigenvalue weighted by Gasteiger charge is -2.26. The van der Waals surface area contributed by atoms with Crippen molar-refractivity contribution in [1.82, 2.24) is 0 Å². The van der Waals surface area contributed by atoms with Gasteiger partial charge in [-0.1, -0.05) is 17.7 Å². The summed E-state index contributed by atoms with van der Waals surface area (Å²) in [7, 11) is 3.16. The first-order valence-electron chi connectivity index (χ1n) is 6.83. The molecule has 1 atom stereocenters. The van der Waals surface area contributed by atoms with Crippen LogP contribution in [0.1, 0.15) is 28.4 Å². The second kappa shape index (κ2) is 5.89. The molecular weight excluding hydrogens is 304 g/mol. The van der Waals surface area contributed by atoms with E-state index in [9.17, 15) is 4.79 Å². The van der Waals surface area contributed by atoms with Crippen LogP contribution in [0.25, 0.3) is 0 Å². The molecule has 22 heavy (non-hydrogen) atoms. The summed E-state index contributed by atoms with van der Waals surface area (Å²) >= 11 is 5.93. The molecule has 5 heteroatoms. The highest BCUT2D eigenvalue weighted by Gasteiger charge is 2.28. The second-order valence-electron chi connectivity index (χ2n) is 4.99. The van der Waals surface area contributed by atoms with Crippen LogP contribution in [-0.2, 0) is 0 Å². The number of Topliss-reactive ketones (excluding diaryl/α,β-unsaturated/α-hetero) is 1. The maximum absolute atomic E-state index is 12.3. The normalized spacial score (nSPS) is 16.7. The van der Waals surface area contributed by atoms with Gasteiger partial charge in [-0.25, -0.2) is 0 Å². The zero-order valence-corrected chi connectivity index (χ0v) is 13.0. The average Bonchev–Trinajstić information content (AvgIpc) is 2.54. The quantitative estimate of drug-likeness (QED) is 0.856. The first-order chi connectivity index (χ1) is 10.6. The Bertz CT molecular complexity index is 727. The lowest BCUT2D eigenvalue weighted by Crippen LogP contribution is -2.20. The van der Waals surface area contributed by atoms with Crippen LogP contribution in [0.15, 0.2) is 36.4 Å². The van der Waals surface area contributed by atoms with E-state index in [1.165, 1.54) is 0 Å². The van der Waals surface area contributed by atoms with E-state index in [-0.39, 0.29) is 18.3 Å². The van der Waals surface area contributed by atoms with Crippen LogP contribution in [0.2, 0.25) is 5.02 Å². The van der Waals surface area contributed by atoms with Crippen LogP contribution in [0, 0.1) is 0 Å². The molecule has 0 aromatic heterocycles. The minimum absolute atomic E-state index is 0.0172. The molecule has 0 spiro atoms. The Balaban J connectivity index is 1.94. The Hall–Kier alpha value is -2.20. The molecule has 0 saturated carbocycles. The van der Waals surface area contributed by atoms with Gasteiger partial charge in [-0.15, -0.1) is 0 Å². The Labute approximate surface area is 133 Å². The second-order valence-corrected chi connectivity index (χ2v) is 5.43. The minimum atomic E-state index is -0.346. The van der Waals surface area contributed by atoms with Gasteiger partial charge in [0.15, 0.2) is 17.3 Å². The van der Waals surface area contributed by atoms with E-state index in [4.69, 9.17) is 25.8 Å². The van der Waals surface area contributed by atoms with Crippen molar-refractivity contribution in [3.05, 3.63) is 52.5 Å². The highest BCUT2D eigenvalue weighted by atomic mass is 35.5. The monoisotopic (exact) mass is 318 g/mol. The van der Waals surface area contributed by atoms with Crippen LogP contribution in [0.4, 0.5) is 0 Å². The summed E-state index contributed by atoms with van der Waals surface area (Å²) in [5.74, 6) is 1.82. The van der Waals surface area contributed by atoms with E-state index in [2.05, 4.69) is 0 Å². The Morgan fingerprint density at radius 3 is 2.59 bits per heavy atom. The number of fused-ring (bicyclic) bond motifs is 1. The van der Waals surface area contributed by atoms with Gasteiger partial charge in [0.2, 0.25) is 0 Å². The third-order valence-electron chi connectivity index (χ3n) is 3.66. The van der Waals surface area contributed by atoms with Crippen molar-refractivity contribution in [2.75, 3.05) is 14.2 Å². The maximum atomic E-state index is 12.3. The van der Waals surface area contributed by atoms with E-state index in [0.717, 1.165) is 5.56 Å². The van der Waals surface area contributed by atoms with Gasteiger partial charge in [-0.05, 0) is 35.9 Å². The van der Waals surface area contributed by atoms with Gasteiger partial charge in [0.1, 0.15) is 11.9 Å². The smallest absolute Gasteiger partial charge is 0.170 e. The lowest BCUT2D eigenvalue weighted by atomic mass is 9.96. The number of rotatable bonds is 3. The van der Waals surface area contributed by atoms with E-state index in [1.807, 2.05) is 12.1 Å². The number of carbonyl (C=O) groups is 1. The van der Waals surface area contributed by atoms with Crippen LogP contribution < -0.4 is 14.2 Å². The summed E-state index contributed by atoms with van der Waals surface area (Å²) < 4.78 is 16.5. The van der Waals surface area contributed by atoms with E-state index in [1.54, 1.807) is 38.5 Å². The first kappa shape index (κ1) is 14.7. The molecule has 1 aliphatic heterocycles. The van der Waals surface area contributed by atoms with Crippen LogP contribution >= 0.6 is 11.6 Å². The summed E-state index contributed by atoms with van der Waals surface area (Å²) in [6.07, 6.45) is -0.0796. The van der Waals surface area contributed by atoms with Crippen molar-refractivity contribution < 1.29 is 19.0 Å². The van der Waals surface area contributed by atoms with Crippen LogP contribution in [-0.4, -0.2) is 20.0 Å². The molecule has 1 heterocycles. The zero-order chi connectivity index (χ0) is 15.7. The molecule has 3 rings (SSSR count). The highest BCUT2D eigenvalue weighted by molar-refractivity contribution is 6.31. The highest BCUT2D eigenvalue weighted by Crippen LogP contribution is 2.38. The molecule has 0 amide bonds. The fourth-order valence-corrected chi connectivity index (χ4v) is 2.71. The summed E-state index contributed by atoms with van der Waals surface area (Å²) in [5.41, 5.74) is 1.40. The molecule has 0 saturated heterocycles. The Kier molecular flexibility index (Phi) is 3.94. The standard InChI is InChI=1S/C17H15ClO4/c1-20-15-5-3-10(7-17(15)21-2)16-9-13(19)12-8-11(18)4-6-14(12)22-16/h3-8,16H,9H2,1-2H3/t16-/m0/s1. The fourth-order valence-electron chi connectivity index (χ4n) is 2.54. The zero-order valence-electron chi connectivity index (χ0n) is 12.3. The summed E-state index contributed by atoms with van der Waals surface area (Å²) in [4.78, 5) is 12.3. The number of hydrogen-bond donors (Lipinski definition) is 0. The number of hydrogen-bond acceptors (Lipinski definition) is 4. The predicted octanol–water partition coefficient (Wildman–Crippen LogP) is 4.06. The molecule has 4 nitrogen and oxygen atoms in total. The molecular formula is C17H15ClO4. The molecule has 0 unspecified atom stereocenters. The number of ether oxygens (including phenoxy) is 3. The van der Waals surface area contributed by atoms with Gasteiger partial charge in [0.05, 0.1) is 26.2 Å². The number of carbonyl (C=O) groups excluding carboxylic acids is 1. The van der Waals surface area contributed by atoms with E-state index in [0.29, 0.717) is 27.8 Å². The molecule has 0 radical (unpaired) electrons. The van der Waals surface area contributed by atoms with Crippen molar-refractivity contribution in [3.8, 4) is 17.2 Å². The Morgan fingerprint density at radius 2 is 1.86 bits per heavy atom. The largest absolute Gasteiger partial charge is 0.493 e. The summed E-state index contributed by atoms with van der Waals surface area (Å²) in [6.45, 7) is 0. The van der Waals surface area contributed by atoms with Crippen LogP contribution in [0.3, 0.4) is 0 Å². The third kappa shape index (κ3) is 2.62. The predicted molar refractivity (Wildman–Crippen MR) is 83.3 cm³/mol. The topological polar surface area (TPSA) is 44.8 Å². The molecule has 0 bridgehead atoms. The van der Waals surface area contributed by atoms with Gasteiger partial charge in [0.25, 0.3) is 0 Å². The van der Waals surface area contributed by atoms with Crippen molar-refractivity contribution in [3.63, 3.8) is 0 Å². The van der Waals surface area contributed by atoms with Crippen LogP contribution in [0.5, 0.6) is 17.2 Å². The lowest BCUT2D eigenvalue weighted by molar-refractivity contribution is 0.0849. The summed E-state index contributed by atoms with van der Waals surface area (Å²) in [5, 5.41) is 0.528. The number of benzene rings is 2. The van der Waals surface area contributed by atoms with E-state index < -0.39 is 0 Å². The molecule has 114 valence electrons. The molecule has 2 aromatic carbocycles. The molecule has 2 aromatic rings. The van der Waals surface area contributed by atoms with Gasteiger partial charge >= 0.3 is 0 Å². The molecule has 0 fully saturated rings. The van der Waals surface area contributed by atoms with E-state index >= 15 is 0 Å². The fraction of sp³-hybridized carbons (Fsp3) is 0.235. The average molecular weight is 319 g/mol. The molecule has 0 aliphatic carbocycles. The van der Waals surface area contributed by atoms with Gasteiger partial charge in [-0.2, -0.15) is 0 Å². The van der Waals surface area contributed by atoms with Crippen molar-refractivity contribution in [2.45, 2.75) is 12.5 Å². The molecule has 1 aliphatic rings. The van der Waals surface area contributed by atoms with Crippen molar-refractivity contribution in [1.29, 1.82) is 0 Å². The van der Waals surface area contributed by atoms with Gasteiger partial charge in [-0.3, -0.25) is 4.79 Å². The van der Waals surface area contributed by atoms with Gasteiger partial charge < -0.3 is 14.2 Å². The van der Waals surface area contributed by atoms with Gasteiger partial charge in [0, 0.05) is 5.02 Å². The molecule has 0 N–H and O–H groups in total. The third-order valence-corrected chi connectivity index (χ3v) is 3.90. The first-order valence-corrected chi connectivity index (χ1v) is 7.21. The Morgan fingerprint density at radius 1 is 1.09 bits per heavy atom. The minimum Gasteiger partial charge on any atom is -0.493 e.